The molecule has 2 N–H and O–H groups in total. The average molecular weight is 367 g/mol. The molecule has 1 heterocycles. The van der Waals surface area contributed by atoms with Crippen LogP contribution in [-0.2, 0) is 10.0 Å². The van der Waals surface area contributed by atoms with Crippen molar-refractivity contribution in [2.24, 2.45) is 11.7 Å². The topological polar surface area (TPSA) is 63.4 Å². The summed E-state index contributed by atoms with van der Waals surface area (Å²) in [6, 6.07) is 17.1. The van der Waals surface area contributed by atoms with Gasteiger partial charge in [0.05, 0.1) is 4.90 Å². The minimum atomic E-state index is -3.46. The number of aryl methyl sites for hydroxylation is 1. The van der Waals surface area contributed by atoms with Gasteiger partial charge in [-0.05, 0) is 37.1 Å². The molecule has 0 aromatic heterocycles. The molecule has 2 aromatic carbocycles. The molecule has 130 valence electrons. The van der Waals surface area contributed by atoms with Crippen molar-refractivity contribution in [3.63, 3.8) is 0 Å². The van der Waals surface area contributed by atoms with Crippen LogP contribution in [0.1, 0.15) is 17.0 Å². The van der Waals surface area contributed by atoms with Gasteiger partial charge >= 0.3 is 0 Å². The van der Waals surface area contributed by atoms with E-state index < -0.39 is 10.0 Å². The monoisotopic (exact) mass is 366 g/mol. The largest absolute Gasteiger partial charge is 0.330 e. The van der Waals surface area contributed by atoms with Crippen molar-refractivity contribution >= 4 is 22.4 Å². The van der Waals surface area contributed by atoms with Crippen molar-refractivity contribution < 1.29 is 8.42 Å². The van der Waals surface area contributed by atoms with Gasteiger partial charge in [0.25, 0.3) is 0 Å². The summed E-state index contributed by atoms with van der Waals surface area (Å²) in [6.45, 7) is 3.40. The van der Waals surface area contributed by atoms with E-state index in [0.29, 0.717) is 24.5 Å². The van der Waals surface area contributed by atoms with Gasteiger partial charge in [0.15, 0.2) is 0 Å². The fourth-order valence-corrected chi connectivity index (χ4v) is 4.73. The first-order chi connectivity index (χ1) is 11.0. The highest BCUT2D eigenvalue weighted by Gasteiger charge is 2.39. The summed E-state index contributed by atoms with van der Waals surface area (Å²) in [7, 11) is -3.46. The Labute approximate surface area is 150 Å². The molecule has 24 heavy (non-hydrogen) atoms. The van der Waals surface area contributed by atoms with Crippen LogP contribution < -0.4 is 5.73 Å². The van der Waals surface area contributed by atoms with E-state index in [2.05, 4.69) is 12.1 Å². The molecule has 3 rings (SSSR count). The number of sulfonamides is 1. The van der Waals surface area contributed by atoms with Crippen molar-refractivity contribution in [2.75, 3.05) is 19.6 Å². The van der Waals surface area contributed by atoms with Gasteiger partial charge < -0.3 is 5.73 Å². The van der Waals surface area contributed by atoms with Crippen molar-refractivity contribution in [3.05, 3.63) is 65.7 Å². The minimum Gasteiger partial charge on any atom is -0.330 e. The maximum Gasteiger partial charge on any atom is 0.243 e. The Kier molecular flexibility index (Phi) is 6.04. The first kappa shape index (κ1) is 18.9. The van der Waals surface area contributed by atoms with Crippen molar-refractivity contribution in [1.29, 1.82) is 0 Å². The molecule has 6 heteroatoms. The summed E-state index contributed by atoms with van der Waals surface area (Å²) in [6.07, 6.45) is 0. The summed E-state index contributed by atoms with van der Waals surface area (Å²) < 4.78 is 27.3. The lowest BCUT2D eigenvalue weighted by atomic mass is 9.89. The Morgan fingerprint density at radius 2 is 1.67 bits per heavy atom. The van der Waals surface area contributed by atoms with Crippen molar-refractivity contribution in [3.8, 4) is 0 Å². The SMILES string of the molecule is Cc1ccc(S(=O)(=O)N2C[C@@H](CN)[C@H](c3ccccc3)C2)cc1.Cl. The predicted octanol–water partition coefficient (Wildman–Crippen LogP) is 2.78. The summed E-state index contributed by atoms with van der Waals surface area (Å²) in [4.78, 5) is 0.354. The molecule has 2 atom stereocenters. The fourth-order valence-electron chi connectivity index (χ4n) is 3.20. The zero-order valence-corrected chi connectivity index (χ0v) is 15.3. The van der Waals surface area contributed by atoms with Gasteiger partial charge in [-0.2, -0.15) is 4.31 Å². The second-order valence-corrected chi connectivity index (χ2v) is 8.09. The molecular weight excluding hydrogens is 344 g/mol. The van der Waals surface area contributed by atoms with Crippen molar-refractivity contribution in [1.82, 2.24) is 4.31 Å². The van der Waals surface area contributed by atoms with E-state index in [1.807, 2.05) is 37.3 Å². The molecule has 2 aromatic rings. The molecule has 1 fully saturated rings. The maximum atomic E-state index is 12.9. The third-order valence-corrected chi connectivity index (χ3v) is 6.44. The van der Waals surface area contributed by atoms with E-state index >= 15 is 0 Å². The number of hydrogen-bond donors (Lipinski definition) is 1. The van der Waals surface area contributed by atoms with E-state index in [-0.39, 0.29) is 24.2 Å². The van der Waals surface area contributed by atoms with E-state index in [1.165, 1.54) is 0 Å². The van der Waals surface area contributed by atoms with Crippen LogP contribution >= 0.6 is 12.4 Å². The zero-order valence-electron chi connectivity index (χ0n) is 13.6. The highest BCUT2D eigenvalue weighted by Crippen LogP contribution is 2.35. The lowest BCUT2D eigenvalue weighted by molar-refractivity contribution is 0.459. The average Bonchev–Trinajstić information content (AvgIpc) is 3.01. The van der Waals surface area contributed by atoms with Gasteiger partial charge in [-0.3, -0.25) is 0 Å². The summed E-state index contributed by atoms with van der Waals surface area (Å²) in [5, 5.41) is 0. The summed E-state index contributed by atoms with van der Waals surface area (Å²) in [5.41, 5.74) is 8.11. The Morgan fingerprint density at radius 3 is 2.25 bits per heavy atom. The molecule has 0 saturated carbocycles. The van der Waals surface area contributed by atoms with Gasteiger partial charge in [-0.25, -0.2) is 8.42 Å². The number of hydrogen-bond acceptors (Lipinski definition) is 3. The predicted molar refractivity (Wildman–Crippen MR) is 98.9 cm³/mol. The van der Waals surface area contributed by atoms with Gasteiger partial charge in [0.1, 0.15) is 0 Å². The van der Waals surface area contributed by atoms with Crippen LogP contribution in [0.25, 0.3) is 0 Å². The highest BCUT2D eigenvalue weighted by molar-refractivity contribution is 7.89. The summed E-state index contributed by atoms with van der Waals surface area (Å²) >= 11 is 0. The first-order valence-corrected chi connectivity index (χ1v) is 9.28. The highest BCUT2D eigenvalue weighted by atomic mass is 35.5. The number of nitrogens with zero attached hydrogens (tertiary/aromatic N) is 1. The lowest BCUT2D eigenvalue weighted by Crippen LogP contribution is -2.30. The molecule has 0 bridgehead atoms. The van der Waals surface area contributed by atoms with E-state index in [0.717, 1.165) is 11.1 Å². The zero-order chi connectivity index (χ0) is 16.4. The van der Waals surface area contributed by atoms with E-state index in [9.17, 15) is 8.42 Å². The Bertz CT molecular complexity index is 763. The Morgan fingerprint density at radius 1 is 1.04 bits per heavy atom. The molecule has 0 radical (unpaired) electrons. The quantitative estimate of drug-likeness (QED) is 0.904. The molecule has 1 saturated heterocycles. The lowest BCUT2D eigenvalue weighted by Gasteiger charge is -2.17. The van der Waals surface area contributed by atoms with Crippen LogP contribution in [0.5, 0.6) is 0 Å². The molecule has 0 aliphatic carbocycles. The summed E-state index contributed by atoms with van der Waals surface area (Å²) in [5.74, 6) is 0.305. The number of nitrogens with two attached hydrogens (primary N) is 1. The van der Waals surface area contributed by atoms with Crippen LogP contribution in [0.2, 0.25) is 0 Å². The second kappa shape index (κ2) is 7.66. The number of rotatable bonds is 4. The Hall–Kier alpha value is -1.40. The normalized spacial score (nSPS) is 21.4. The smallest absolute Gasteiger partial charge is 0.243 e. The third kappa shape index (κ3) is 3.64. The van der Waals surface area contributed by atoms with Gasteiger partial charge in [-0.15, -0.1) is 12.4 Å². The minimum absolute atomic E-state index is 0. The molecule has 0 amide bonds. The number of benzene rings is 2. The Balaban J connectivity index is 0.00000208. The van der Waals surface area contributed by atoms with Crippen LogP contribution in [0.15, 0.2) is 59.5 Å². The van der Waals surface area contributed by atoms with Crippen LogP contribution in [-0.4, -0.2) is 32.4 Å². The van der Waals surface area contributed by atoms with Crippen LogP contribution in [0, 0.1) is 12.8 Å². The van der Waals surface area contributed by atoms with Crippen LogP contribution in [0.3, 0.4) is 0 Å². The molecule has 1 aliphatic heterocycles. The molecular formula is C18H23ClN2O2S. The van der Waals surface area contributed by atoms with E-state index in [4.69, 9.17) is 5.73 Å². The van der Waals surface area contributed by atoms with Crippen LogP contribution in [0.4, 0.5) is 0 Å². The first-order valence-electron chi connectivity index (χ1n) is 7.84. The van der Waals surface area contributed by atoms with E-state index in [1.54, 1.807) is 16.4 Å². The molecule has 0 unspecified atom stereocenters. The fraction of sp³-hybridized carbons (Fsp3) is 0.333. The standard InChI is InChI=1S/C18H22N2O2S.ClH/c1-14-7-9-17(10-8-14)23(21,22)20-12-16(11-19)18(13-20)15-5-3-2-4-6-15;/h2-10,16,18H,11-13,19H2,1H3;1H/t16-,18+;/m1./s1. The molecule has 0 spiro atoms. The number of halogens is 1. The van der Waals surface area contributed by atoms with Gasteiger partial charge in [0.2, 0.25) is 10.0 Å². The molecule has 4 nitrogen and oxygen atoms in total. The van der Waals surface area contributed by atoms with Crippen molar-refractivity contribution in [2.45, 2.75) is 17.7 Å². The maximum absolute atomic E-state index is 12.9. The van der Waals surface area contributed by atoms with Gasteiger partial charge in [0, 0.05) is 19.0 Å². The third-order valence-electron chi connectivity index (χ3n) is 4.60. The molecule has 1 aliphatic rings. The van der Waals surface area contributed by atoms with Gasteiger partial charge in [-0.1, -0.05) is 48.0 Å². The second-order valence-electron chi connectivity index (χ2n) is 6.15.